The summed E-state index contributed by atoms with van der Waals surface area (Å²) in [6.07, 6.45) is 0. The number of nitrogens with zero attached hydrogens (tertiary/aromatic N) is 1. The zero-order chi connectivity index (χ0) is 23.9. The van der Waals surface area contributed by atoms with Crippen LogP contribution in [0.15, 0.2) is 70.5 Å². The number of benzene rings is 3. The lowest BCUT2D eigenvalue weighted by Crippen LogP contribution is -2.49. The van der Waals surface area contributed by atoms with Gasteiger partial charge in [0.1, 0.15) is 0 Å². The van der Waals surface area contributed by atoms with E-state index in [-0.39, 0.29) is 16.8 Å². The van der Waals surface area contributed by atoms with Crippen molar-refractivity contribution in [1.29, 1.82) is 0 Å². The smallest absolute Gasteiger partial charge is 0.333 e. The maximum absolute atomic E-state index is 12.4. The Balaban J connectivity index is 1.43. The topological polar surface area (TPSA) is 85.9 Å². The predicted octanol–water partition coefficient (Wildman–Crippen LogP) is 5.83. The van der Waals surface area contributed by atoms with Gasteiger partial charge in [0.05, 0.1) is 23.9 Å². The monoisotopic (exact) mass is 518 g/mol. The second kappa shape index (κ2) is 11.7. The first-order valence-electron chi connectivity index (χ1n) is 10.7. The highest BCUT2D eigenvalue weighted by Crippen LogP contribution is 2.36. The molecule has 2 amide bonds. The van der Waals surface area contributed by atoms with Gasteiger partial charge in [-0.25, -0.2) is 9.80 Å². The van der Waals surface area contributed by atoms with Crippen molar-refractivity contribution < 1.29 is 14.6 Å². The molecule has 1 aliphatic rings. The van der Waals surface area contributed by atoms with Gasteiger partial charge in [-0.3, -0.25) is 5.43 Å². The Morgan fingerprint density at radius 1 is 1.06 bits per heavy atom. The van der Waals surface area contributed by atoms with E-state index in [1.54, 1.807) is 22.8 Å². The van der Waals surface area contributed by atoms with Gasteiger partial charge in [0.2, 0.25) is 0 Å². The molecule has 34 heavy (non-hydrogen) atoms. The van der Waals surface area contributed by atoms with Crippen molar-refractivity contribution in [2.24, 2.45) is 0 Å². The van der Waals surface area contributed by atoms with Crippen LogP contribution in [0.3, 0.4) is 0 Å². The summed E-state index contributed by atoms with van der Waals surface area (Å²) < 4.78 is 5.28. The van der Waals surface area contributed by atoms with Crippen LogP contribution in [0.1, 0.15) is 5.56 Å². The zero-order valence-electron chi connectivity index (χ0n) is 18.2. The first-order chi connectivity index (χ1) is 16.5. The number of carbonyl (C=O) groups is 1. The van der Waals surface area contributed by atoms with E-state index in [1.807, 2.05) is 48.5 Å². The van der Waals surface area contributed by atoms with Crippen LogP contribution in [0, 0.1) is 0 Å². The van der Waals surface area contributed by atoms with Gasteiger partial charge in [0.15, 0.2) is 5.75 Å². The summed E-state index contributed by atoms with van der Waals surface area (Å²) in [6, 6.07) is 18.4. The van der Waals surface area contributed by atoms with E-state index in [0.29, 0.717) is 49.2 Å². The Hall–Kier alpha value is -2.62. The third-order valence-electron chi connectivity index (χ3n) is 5.08. The number of phenols is 1. The number of anilines is 2. The van der Waals surface area contributed by atoms with Crippen molar-refractivity contribution in [3.8, 4) is 5.75 Å². The molecular weight excluding hydrogens is 495 g/mol. The lowest BCUT2D eigenvalue weighted by Gasteiger charge is -2.27. The largest absolute Gasteiger partial charge is 0.504 e. The van der Waals surface area contributed by atoms with E-state index in [4.69, 9.17) is 27.9 Å². The minimum Gasteiger partial charge on any atom is -0.504 e. The summed E-state index contributed by atoms with van der Waals surface area (Å²) in [5.41, 5.74) is 4.70. The molecule has 0 atom stereocenters. The number of ether oxygens (including phenoxy) is 1. The van der Waals surface area contributed by atoms with Crippen LogP contribution in [0.4, 0.5) is 16.2 Å². The van der Waals surface area contributed by atoms with Crippen molar-refractivity contribution >= 4 is 52.4 Å². The summed E-state index contributed by atoms with van der Waals surface area (Å²) in [5, 5.41) is 19.1. The highest BCUT2D eigenvalue weighted by atomic mass is 35.5. The molecular formula is C24H24Cl2N4O3S. The van der Waals surface area contributed by atoms with Crippen LogP contribution in [-0.2, 0) is 11.3 Å². The van der Waals surface area contributed by atoms with Crippen LogP contribution in [-0.4, -0.2) is 42.4 Å². The molecule has 1 saturated heterocycles. The summed E-state index contributed by atoms with van der Waals surface area (Å²) in [6.45, 7) is 2.81. The van der Waals surface area contributed by atoms with Gasteiger partial charge < -0.3 is 20.5 Å². The molecule has 0 aromatic heterocycles. The molecule has 3 aromatic carbocycles. The lowest BCUT2D eigenvalue weighted by molar-refractivity contribution is 0.0207. The lowest BCUT2D eigenvalue weighted by atomic mass is 10.2. The molecule has 7 nitrogen and oxygen atoms in total. The third-order valence-corrected chi connectivity index (χ3v) is 6.74. The number of urea groups is 1. The molecule has 0 spiro atoms. The van der Waals surface area contributed by atoms with Crippen molar-refractivity contribution in [3.05, 3.63) is 76.3 Å². The Kier molecular flexibility index (Phi) is 8.42. The molecule has 1 heterocycles. The first-order valence-corrected chi connectivity index (χ1v) is 12.2. The summed E-state index contributed by atoms with van der Waals surface area (Å²) >= 11 is 13.8. The average molecular weight is 519 g/mol. The maximum atomic E-state index is 12.4. The van der Waals surface area contributed by atoms with E-state index in [9.17, 15) is 9.90 Å². The molecule has 3 aromatic rings. The molecule has 178 valence electrons. The van der Waals surface area contributed by atoms with Gasteiger partial charge in [-0.2, -0.15) is 0 Å². The Morgan fingerprint density at radius 2 is 1.79 bits per heavy atom. The van der Waals surface area contributed by atoms with Crippen LogP contribution in [0.5, 0.6) is 5.75 Å². The highest BCUT2D eigenvalue weighted by Gasteiger charge is 2.15. The first kappa shape index (κ1) is 24.5. The second-order valence-electron chi connectivity index (χ2n) is 7.54. The van der Waals surface area contributed by atoms with Gasteiger partial charge in [-0.05, 0) is 48.0 Å². The Labute approximate surface area is 212 Å². The highest BCUT2D eigenvalue weighted by molar-refractivity contribution is 7.99. The minimum absolute atomic E-state index is 0.0800. The van der Waals surface area contributed by atoms with E-state index >= 15 is 0 Å². The molecule has 0 saturated carbocycles. The fourth-order valence-electron chi connectivity index (χ4n) is 3.35. The molecule has 10 heteroatoms. The summed E-state index contributed by atoms with van der Waals surface area (Å²) in [7, 11) is 0. The fourth-order valence-corrected chi connectivity index (χ4v) is 4.64. The number of aromatic hydroxyl groups is 1. The summed E-state index contributed by atoms with van der Waals surface area (Å²) in [5.74, 6) is -0.0800. The third kappa shape index (κ3) is 6.71. The van der Waals surface area contributed by atoms with E-state index in [0.717, 1.165) is 15.4 Å². The summed E-state index contributed by atoms with van der Waals surface area (Å²) in [4.78, 5) is 14.5. The molecule has 4 N–H and O–H groups in total. The second-order valence-corrected chi connectivity index (χ2v) is 9.50. The van der Waals surface area contributed by atoms with Gasteiger partial charge in [-0.15, -0.1) is 0 Å². The van der Waals surface area contributed by atoms with Gasteiger partial charge in [-0.1, -0.05) is 53.2 Å². The standard InChI is InChI=1S/C24H24Cl2N4O3S/c25-17-5-7-19(8-6-17)34-22-4-2-1-3-16(22)15-27-21-14-18(13-20(26)23(21)31)28-24(32)29-30-9-11-33-12-10-30/h1-8,13-14,27,31H,9-12,15H2,(H2,28,29,32). The number of halogens is 2. The molecule has 0 aliphatic carbocycles. The van der Waals surface area contributed by atoms with Crippen LogP contribution < -0.4 is 16.1 Å². The molecule has 4 rings (SSSR count). The van der Waals surface area contributed by atoms with Gasteiger partial charge in [0, 0.05) is 40.1 Å². The number of phenolic OH excluding ortho intramolecular Hbond substituents is 1. The van der Waals surface area contributed by atoms with Gasteiger partial charge >= 0.3 is 6.03 Å². The zero-order valence-corrected chi connectivity index (χ0v) is 20.5. The van der Waals surface area contributed by atoms with Crippen molar-refractivity contribution in [3.63, 3.8) is 0 Å². The van der Waals surface area contributed by atoms with E-state index < -0.39 is 0 Å². The van der Waals surface area contributed by atoms with Crippen LogP contribution in [0.25, 0.3) is 0 Å². The molecule has 0 bridgehead atoms. The number of hydrazine groups is 1. The van der Waals surface area contributed by atoms with E-state index in [1.165, 1.54) is 6.07 Å². The number of amides is 2. The number of hydrogen-bond donors (Lipinski definition) is 4. The molecule has 1 fully saturated rings. The average Bonchev–Trinajstić information content (AvgIpc) is 2.83. The number of rotatable bonds is 7. The van der Waals surface area contributed by atoms with E-state index in [2.05, 4.69) is 16.1 Å². The van der Waals surface area contributed by atoms with Crippen LogP contribution in [0.2, 0.25) is 10.0 Å². The number of carbonyl (C=O) groups excluding carboxylic acids is 1. The number of hydrogen-bond acceptors (Lipinski definition) is 6. The molecule has 0 radical (unpaired) electrons. The minimum atomic E-state index is -0.390. The van der Waals surface area contributed by atoms with Crippen molar-refractivity contribution in [2.75, 3.05) is 36.9 Å². The Bertz CT molecular complexity index is 1140. The SMILES string of the molecule is O=C(Nc1cc(Cl)c(O)c(NCc2ccccc2Sc2ccc(Cl)cc2)c1)NN1CCOCC1. The fraction of sp³-hybridized carbons (Fsp3) is 0.208. The predicted molar refractivity (Wildman–Crippen MR) is 137 cm³/mol. The van der Waals surface area contributed by atoms with Crippen LogP contribution >= 0.6 is 35.0 Å². The maximum Gasteiger partial charge on any atom is 0.333 e. The quantitative estimate of drug-likeness (QED) is 0.232. The Morgan fingerprint density at radius 3 is 2.56 bits per heavy atom. The number of morpholine rings is 1. The van der Waals surface area contributed by atoms with Crippen molar-refractivity contribution in [1.82, 2.24) is 10.4 Å². The molecule has 1 aliphatic heterocycles. The molecule has 0 unspecified atom stereocenters. The van der Waals surface area contributed by atoms with Crippen molar-refractivity contribution in [2.45, 2.75) is 16.3 Å². The normalized spacial score (nSPS) is 13.9. The van der Waals surface area contributed by atoms with Gasteiger partial charge in [0.25, 0.3) is 0 Å². The number of nitrogens with one attached hydrogen (secondary N) is 3.